The maximum absolute atomic E-state index is 11.1. The molecule has 0 N–H and O–H groups in total. The van der Waals surface area contributed by atoms with Gasteiger partial charge in [0.25, 0.3) is 5.69 Å². The highest BCUT2D eigenvalue weighted by molar-refractivity contribution is 5.81. The summed E-state index contributed by atoms with van der Waals surface area (Å²) in [6, 6.07) is 16.7. The molecule has 1 heterocycles. The minimum atomic E-state index is -0.390. The summed E-state index contributed by atoms with van der Waals surface area (Å²) >= 11 is 0. The number of nitrogens with zero attached hydrogens (tertiary/aromatic N) is 3. The summed E-state index contributed by atoms with van der Waals surface area (Å²) in [6.07, 6.45) is 1.71. The zero-order valence-corrected chi connectivity index (χ0v) is 14.8. The Morgan fingerprint density at radius 2 is 1.81 bits per heavy atom. The van der Waals surface area contributed by atoms with Crippen molar-refractivity contribution in [1.82, 2.24) is 4.57 Å². The van der Waals surface area contributed by atoms with Gasteiger partial charge in [-0.25, -0.2) is 0 Å². The Kier molecular flexibility index (Phi) is 4.84. The van der Waals surface area contributed by atoms with Gasteiger partial charge in [0.2, 0.25) is 0 Å². The Bertz CT molecular complexity index is 972. The highest BCUT2D eigenvalue weighted by Gasteiger charge is 2.11. The van der Waals surface area contributed by atoms with E-state index in [0.29, 0.717) is 11.3 Å². The Hall–Kier alpha value is -3.41. The summed E-state index contributed by atoms with van der Waals surface area (Å²) in [5.74, 6) is 0.792. The number of benzene rings is 2. The van der Waals surface area contributed by atoms with Gasteiger partial charge < -0.3 is 9.30 Å². The normalized spacial score (nSPS) is 11.0. The first-order valence-corrected chi connectivity index (χ1v) is 8.11. The molecule has 0 atom stereocenters. The molecule has 0 amide bonds. The van der Waals surface area contributed by atoms with Crippen molar-refractivity contribution in [2.45, 2.75) is 13.8 Å². The average Bonchev–Trinajstić information content (AvgIpc) is 3.01. The molecule has 0 aliphatic carbocycles. The summed E-state index contributed by atoms with van der Waals surface area (Å²) in [7, 11) is 1.63. The zero-order chi connectivity index (χ0) is 18.7. The first-order chi connectivity index (χ1) is 12.5. The fourth-order valence-corrected chi connectivity index (χ4v) is 2.76. The van der Waals surface area contributed by atoms with Gasteiger partial charge in [0.05, 0.1) is 29.6 Å². The number of nitro groups is 1. The Balaban J connectivity index is 1.95. The highest BCUT2D eigenvalue weighted by atomic mass is 16.6. The van der Waals surface area contributed by atoms with E-state index in [4.69, 9.17) is 4.74 Å². The van der Waals surface area contributed by atoms with Crippen molar-refractivity contribution < 1.29 is 9.66 Å². The molecule has 0 unspecified atom stereocenters. The van der Waals surface area contributed by atoms with Gasteiger partial charge in [-0.3, -0.25) is 15.1 Å². The fourth-order valence-electron chi connectivity index (χ4n) is 2.76. The van der Waals surface area contributed by atoms with Crippen LogP contribution in [-0.2, 0) is 0 Å². The monoisotopic (exact) mass is 349 g/mol. The van der Waals surface area contributed by atoms with Gasteiger partial charge in [0, 0.05) is 23.0 Å². The number of ether oxygens (including phenoxy) is 1. The predicted octanol–water partition coefficient (Wildman–Crippen LogP) is 4.76. The molecule has 6 heteroatoms. The van der Waals surface area contributed by atoms with Gasteiger partial charge in [-0.05, 0) is 56.3 Å². The van der Waals surface area contributed by atoms with Crippen molar-refractivity contribution in [2.24, 2.45) is 4.99 Å². The lowest BCUT2D eigenvalue weighted by atomic mass is 10.2. The van der Waals surface area contributed by atoms with Crippen molar-refractivity contribution in [3.8, 4) is 11.4 Å². The molecule has 0 aliphatic rings. The first-order valence-electron chi connectivity index (χ1n) is 8.11. The summed E-state index contributed by atoms with van der Waals surface area (Å²) in [5.41, 5.74) is 4.17. The number of aromatic nitrogens is 1. The second kappa shape index (κ2) is 7.23. The molecule has 3 rings (SSSR count). The van der Waals surface area contributed by atoms with Crippen molar-refractivity contribution in [2.75, 3.05) is 7.11 Å². The van der Waals surface area contributed by atoms with Gasteiger partial charge in [-0.2, -0.15) is 0 Å². The minimum absolute atomic E-state index is 0.0707. The third kappa shape index (κ3) is 3.49. The molecular formula is C20H19N3O3. The third-order valence-electron chi connectivity index (χ3n) is 4.17. The summed E-state index contributed by atoms with van der Waals surface area (Å²) in [4.78, 5) is 15.1. The summed E-state index contributed by atoms with van der Waals surface area (Å²) < 4.78 is 7.26. The van der Waals surface area contributed by atoms with E-state index in [1.807, 2.05) is 43.3 Å². The smallest absolute Gasteiger partial charge is 0.274 e. The number of hydrogen-bond donors (Lipinski definition) is 0. The average molecular weight is 349 g/mol. The standard InChI is InChI=1S/C20H19N3O3/c1-14-4-6-16(12-20(14)23(24)25)21-13-18-7-5-15(2)22(18)17-8-10-19(26-3)11-9-17/h4-13H,1-3H3. The fraction of sp³-hybridized carbons (Fsp3) is 0.150. The van der Waals surface area contributed by atoms with E-state index in [-0.39, 0.29) is 5.69 Å². The third-order valence-corrected chi connectivity index (χ3v) is 4.17. The molecule has 0 saturated carbocycles. The van der Waals surface area contributed by atoms with Crippen LogP contribution in [0, 0.1) is 24.0 Å². The van der Waals surface area contributed by atoms with Gasteiger partial charge in [0.1, 0.15) is 5.75 Å². The number of methoxy groups -OCH3 is 1. The molecule has 1 aromatic heterocycles. The SMILES string of the molecule is COc1ccc(-n2c(C)ccc2C=Nc2ccc(C)c([N+](=O)[O-])c2)cc1. The van der Waals surface area contributed by atoms with Crippen LogP contribution in [0.15, 0.2) is 59.6 Å². The first kappa shape index (κ1) is 17.4. The lowest BCUT2D eigenvalue weighted by Crippen LogP contribution is -2.01. The highest BCUT2D eigenvalue weighted by Crippen LogP contribution is 2.25. The van der Waals surface area contributed by atoms with Crippen LogP contribution >= 0.6 is 0 Å². The molecule has 0 fully saturated rings. The topological polar surface area (TPSA) is 69.7 Å². The molecule has 0 spiro atoms. The van der Waals surface area contributed by atoms with Crippen molar-refractivity contribution in [3.63, 3.8) is 0 Å². The number of nitro benzene ring substituents is 1. The summed E-state index contributed by atoms with van der Waals surface area (Å²) in [6.45, 7) is 3.72. The maximum atomic E-state index is 11.1. The second-order valence-corrected chi connectivity index (χ2v) is 5.92. The zero-order valence-electron chi connectivity index (χ0n) is 14.8. The van der Waals surface area contributed by atoms with E-state index >= 15 is 0 Å². The van der Waals surface area contributed by atoms with Crippen molar-refractivity contribution >= 4 is 17.6 Å². The lowest BCUT2D eigenvalue weighted by molar-refractivity contribution is -0.385. The predicted molar refractivity (Wildman–Crippen MR) is 102 cm³/mol. The molecule has 3 aromatic rings. The Morgan fingerprint density at radius 3 is 2.46 bits per heavy atom. The molecule has 0 bridgehead atoms. The molecule has 0 radical (unpaired) electrons. The Morgan fingerprint density at radius 1 is 1.08 bits per heavy atom. The number of hydrogen-bond acceptors (Lipinski definition) is 4. The van der Waals surface area contributed by atoms with E-state index in [1.54, 1.807) is 32.4 Å². The van der Waals surface area contributed by atoms with Crippen molar-refractivity contribution in [3.05, 3.63) is 81.7 Å². The molecule has 0 saturated heterocycles. The van der Waals surface area contributed by atoms with Gasteiger partial charge in [-0.1, -0.05) is 6.07 Å². The van der Waals surface area contributed by atoms with Crippen LogP contribution in [0.4, 0.5) is 11.4 Å². The van der Waals surface area contributed by atoms with E-state index in [1.165, 1.54) is 6.07 Å². The molecular weight excluding hydrogens is 330 g/mol. The van der Waals surface area contributed by atoms with Gasteiger partial charge in [0.15, 0.2) is 0 Å². The van der Waals surface area contributed by atoms with Crippen LogP contribution in [0.3, 0.4) is 0 Å². The van der Waals surface area contributed by atoms with Crippen LogP contribution in [0.2, 0.25) is 0 Å². The molecule has 6 nitrogen and oxygen atoms in total. The van der Waals surface area contributed by atoms with E-state index in [0.717, 1.165) is 22.8 Å². The Labute approximate surface area is 151 Å². The number of rotatable bonds is 5. The second-order valence-electron chi connectivity index (χ2n) is 5.92. The maximum Gasteiger partial charge on any atom is 0.274 e. The van der Waals surface area contributed by atoms with E-state index in [2.05, 4.69) is 9.56 Å². The number of aryl methyl sites for hydroxylation is 2. The quantitative estimate of drug-likeness (QED) is 0.379. The molecule has 2 aromatic carbocycles. The van der Waals surface area contributed by atoms with Crippen LogP contribution in [0.25, 0.3) is 5.69 Å². The van der Waals surface area contributed by atoms with Crippen LogP contribution in [0.1, 0.15) is 17.0 Å². The number of aliphatic imine (C=N–C) groups is 1. The van der Waals surface area contributed by atoms with E-state index in [9.17, 15) is 10.1 Å². The van der Waals surface area contributed by atoms with Crippen LogP contribution in [0.5, 0.6) is 5.75 Å². The lowest BCUT2D eigenvalue weighted by Gasteiger charge is -2.10. The molecule has 132 valence electrons. The summed E-state index contributed by atoms with van der Waals surface area (Å²) in [5, 5.41) is 11.1. The largest absolute Gasteiger partial charge is 0.497 e. The van der Waals surface area contributed by atoms with E-state index < -0.39 is 4.92 Å². The minimum Gasteiger partial charge on any atom is -0.497 e. The van der Waals surface area contributed by atoms with Crippen LogP contribution < -0.4 is 4.74 Å². The molecule has 26 heavy (non-hydrogen) atoms. The molecule has 0 aliphatic heterocycles. The van der Waals surface area contributed by atoms with Gasteiger partial charge in [-0.15, -0.1) is 0 Å². The van der Waals surface area contributed by atoms with Crippen molar-refractivity contribution in [1.29, 1.82) is 0 Å². The van der Waals surface area contributed by atoms with Gasteiger partial charge >= 0.3 is 0 Å². The van der Waals surface area contributed by atoms with Crippen LogP contribution in [-0.4, -0.2) is 22.8 Å².